The van der Waals surface area contributed by atoms with Gasteiger partial charge in [0.2, 0.25) is 5.88 Å². The third-order valence-electron chi connectivity index (χ3n) is 1.57. The summed E-state index contributed by atoms with van der Waals surface area (Å²) >= 11 is 0. The van der Waals surface area contributed by atoms with Crippen molar-refractivity contribution in [3.8, 4) is 5.88 Å². The zero-order chi connectivity index (χ0) is 9.68. The minimum absolute atomic E-state index is 0.648. The summed E-state index contributed by atoms with van der Waals surface area (Å²) in [6, 6.07) is 1.83. The van der Waals surface area contributed by atoms with Gasteiger partial charge in [-0.05, 0) is 21.0 Å². The molecular weight excluding hydrogens is 166 g/mol. The van der Waals surface area contributed by atoms with Gasteiger partial charge in [-0.25, -0.2) is 9.97 Å². The van der Waals surface area contributed by atoms with Gasteiger partial charge in [-0.3, -0.25) is 0 Å². The molecule has 0 spiro atoms. The SMILES string of the molecule is Cc1cc(OCCN(C)C)ncn1. The molecule has 0 saturated heterocycles. The first-order valence-corrected chi connectivity index (χ1v) is 4.24. The zero-order valence-corrected chi connectivity index (χ0v) is 8.32. The van der Waals surface area contributed by atoms with Gasteiger partial charge in [0.25, 0.3) is 0 Å². The number of likely N-dealkylation sites (N-methyl/N-ethyl adjacent to an activating group) is 1. The largest absolute Gasteiger partial charge is 0.476 e. The van der Waals surface area contributed by atoms with Crippen LogP contribution in [0.1, 0.15) is 5.69 Å². The van der Waals surface area contributed by atoms with E-state index in [1.807, 2.05) is 27.1 Å². The molecule has 1 aromatic heterocycles. The van der Waals surface area contributed by atoms with Gasteiger partial charge < -0.3 is 9.64 Å². The Labute approximate surface area is 78.6 Å². The van der Waals surface area contributed by atoms with Gasteiger partial charge in [-0.15, -0.1) is 0 Å². The van der Waals surface area contributed by atoms with Crippen LogP contribution in [0.3, 0.4) is 0 Å². The number of aromatic nitrogens is 2. The summed E-state index contributed by atoms with van der Waals surface area (Å²) in [5.41, 5.74) is 0.926. The van der Waals surface area contributed by atoms with Crippen molar-refractivity contribution in [3.05, 3.63) is 18.1 Å². The fourth-order valence-corrected chi connectivity index (χ4v) is 0.842. The number of rotatable bonds is 4. The Bertz CT molecular complexity index is 263. The first-order chi connectivity index (χ1) is 6.18. The molecule has 0 aromatic carbocycles. The van der Waals surface area contributed by atoms with Crippen LogP contribution >= 0.6 is 0 Å². The van der Waals surface area contributed by atoms with E-state index in [0.29, 0.717) is 12.5 Å². The van der Waals surface area contributed by atoms with Gasteiger partial charge in [-0.2, -0.15) is 0 Å². The molecule has 0 atom stereocenters. The zero-order valence-electron chi connectivity index (χ0n) is 8.32. The van der Waals surface area contributed by atoms with Crippen LogP contribution < -0.4 is 4.74 Å². The number of hydrogen-bond acceptors (Lipinski definition) is 4. The highest BCUT2D eigenvalue weighted by Gasteiger charge is 1.96. The summed E-state index contributed by atoms with van der Waals surface area (Å²) in [7, 11) is 4.02. The van der Waals surface area contributed by atoms with E-state index in [1.54, 1.807) is 0 Å². The Balaban J connectivity index is 2.37. The molecule has 1 rings (SSSR count). The van der Waals surface area contributed by atoms with E-state index >= 15 is 0 Å². The van der Waals surface area contributed by atoms with Crippen LogP contribution in [-0.2, 0) is 0 Å². The quantitative estimate of drug-likeness (QED) is 0.686. The lowest BCUT2D eigenvalue weighted by molar-refractivity contribution is 0.253. The second-order valence-electron chi connectivity index (χ2n) is 3.15. The predicted molar refractivity (Wildman–Crippen MR) is 50.8 cm³/mol. The van der Waals surface area contributed by atoms with Gasteiger partial charge >= 0.3 is 0 Å². The summed E-state index contributed by atoms with van der Waals surface area (Å²) < 4.78 is 5.40. The fourth-order valence-electron chi connectivity index (χ4n) is 0.842. The topological polar surface area (TPSA) is 38.2 Å². The van der Waals surface area contributed by atoms with Gasteiger partial charge in [0.1, 0.15) is 12.9 Å². The second kappa shape index (κ2) is 4.77. The predicted octanol–water partition coefficient (Wildman–Crippen LogP) is 0.725. The van der Waals surface area contributed by atoms with Crippen LogP contribution in [0.4, 0.5) is 0 Å². The summed E-state index contributed by atoms with van der Waals surface area (Å²) in [6.45, 7) is 3.47. The second-order valence-corrected chi connectivity index (χ2v) is 3.15. The molecule has 0 N–H and O–H groups in total. The molecule has 4 heteroatoms. The number of nitrogens with zero attached hydrogens (tertiary/aromatic N) is 3. The highest BCUT2D eigenvalue weighted by Crippen LogP contribution is 2.04. The van der Waals surface area contributed by atoms with E-state index in [1.165, 1.54) is 6.33 Å². The monoisotopic (exact) mass is 181 g/mol. The van der Waals surface area contributed by atoms with Crippen molar-refractivity contribution in [1.82, 2.24) is 14.9 Å². The van der Waals surface area contributed by atoms with Crippen LogP contribution in [0.25, 0.3) is 0 Å². The lowest BCUT2D eigenvalue weighted by Crippen LogP contribution is -2.19. The summed E-state index contributed by atoms with van der Waals surface area (Å²) in [5, 5.41) is 0. The molecule has 0 radical (unpaired) electrons. The molecule has 0 saturated carbocycles. The highest BCUT2D eigenvalue weighted by atomic mass is 16.5. The molecular formula is C9H15N3O. The third kappa shape index (κ3) is 3.85. The molecule has 1 heterocycles. The average Bonchev–Trinajstić information content (AvgIpc) is 2.03. The van der Waals surface area contributed by atoms with Crippen LogP contribution in [0.15, 0.2) is 12.4 Å². The van der Waals surface area contributed by atoms with Crippen molar-refractivity contribution >= 4 is 0 Å². The number of ether oxygens (including phenoxy) is 1. The third-order valence-corrected chi connectivity index (χ3v) is 1.57. The Hall–Kier alpha value is -1.16. The molecule has 0 unspecified atom stereocenters. The van der Waals surface area contributed by atoms with E-state index in [4.69, 9.17) is 4.74 Å². The Morgan fingerprint density at radius 2 is 2.15 bits per heavy atom. The van der Waals surface area contributed by atoms with Crippen molar-refractivity contribution in [3.63, 3.8) is 0 Å². The maximum Gasteiger partial charge on any atom is 0.216 e. The molecule has 0 bridgehead atoms. The van der Waals surface area contributed by atoms with E-state index in [-0.39, 0.29) is 0 Å². The molecule has 1 aromatic rings. The Morgan fingerprint density at radius 3 is 2.77 bits per heavy atom. The molecule has 4 nitrogen and oxygen atoms in total. The maximum absolute atomic E-state index is 5.40. The lowest BCUT2D eigenvalue weighted by atomic mass is 10.4. The Kier molecular flexibility index (Phi) is 3.64. The standard InChI is InChI=1S/C9H15N3O/c1-8-6-9(11-7-10-8)13-5-4-12(2)3/h6-7H,4-5H2,1-3H3. The average molecular weight is 181 g/mol. The van der Waals surface area contributed by atoms with Crippen molar-refractivity contribution < 1.29 is 4.74 Å². The summed E-state index contributed by atoms with van der Waals surface area (Å²) in [6.07, 6.45) is 1.51. The van der Waals surface area contributed by atoms with Crippen molar-refractivity contribution in [2.24, 2.45) is 0 Å². The van der Waals surface area contributed by atoms with E-state index in [0.717, 1.165) is 12.2 Å². The summed E-state index contributed by atoms with van der Waals surface area (Å²) in [4.78, 5) is 10.0. The molecule has 13 heavy (non-hydrogen) atoms. The molecule has 0 aliphatic heterocycles. The summed E-state index contributed by atoms with van der Waals surface area (Å²) in [5.74, 6) is 0.648. The normalized spacial score (nSPS) is 10.5. The number of hydrogen-bond donors (Lipinski definition) is 0. The highest BCUT2D eigenvalue weighted by molar-refractivity contribution is 5.11. The van der Waals surface area contributed by atoms with Gasteiger partial charge in [0.15, 0.2) is 0 Å². The molecule has 0 fully saturated rings. The van der Waals surface area contributed by atoms with Gasteiger partial charge in [0.05, 0.1) is 0 Å². The van der Waals surface area contributed by atoms with Gasteiger partial charge in [0, 0.05) is 18.3 Å². The maximum atomic E-state index is 5.40. The van der Waals surface area contributed by atoms with Crippen molar-refractivity contribution in [2.75, 3.05) is 27.2 Å². The molecule has 0 aliphatic rings. The minimum atomic E-state index is 0.648. The van der Waals surface area contributed by atoms with Crippen LogP contribution in [0, 0.1) is 6.92 Å². The van der Waals surface area contributed by atoms with Gasteiger partial charge in [-0.1, -0.05) is 0 Å². The van der Waals surface area contributed by atoms with Crippen molar-refractivity contribution in [2.45, 2.75) is 6.92 Å². The smallest absolute Gasteiger partial charge is 0.216 e. The minimum Gasteiger partial charge on any atom is -0.476 e. The van der Waals surface area contributed by atoms with Crippen LogP contribution in [0.2, 0.25) is 0 Å². The first kappa shape index (κ1) is 9.92. The fraction of sp³-hybridized carbons (Fsp3) is 0.556. The van der Waals surface area contributed by atoms with Crippen molar-refractivity contribution in [1.29, 1.82) is 0 Å². The van der Waals surface area contributed by atoms with E-state index in [9.17, 15) is 0 Å². The number of aryl methyl sites for hydroxylation is 1. The Morgan fingerprint density at radius 1 is 1.38 bits per heavy atom. The van der Waals surface area contributed by atoms with Crippen LogP contribution in [0.5, 0.6) is 5.88 Å². The molecule has 0 amide bonds. The lowest BCUT2D eigenvalue weighted by Gasteiger charge is -2.09. The van der Waals surface area contributed by atoms with Crippen LogP contribution in [-0.4, -0.2) is 42.1 Å². The molecule has 0 aliphatic carbocycles. The van der Waals surface area contributed by atoms with E-state index < -0.39 is 0 Å². The first-order valence-electron chi connectivity index (χ1n) is 4.24. The molecule has 72 valence electrons. The van der Waals surface area contributed by atoms with E-state index in [2.05, 4.69) is 14.9 Å².